The lowest BCUT2D eigenvalue weighted by atomic mass is 9.84. The Morgan fingerprint density at radius 1 is 1.17 bits per heavy atom. The minimum Gasteiger partial charge on any atom is -0.343 e. The Morgan fingerprint density at radius 3 is 2.60 bits per heavy atom. The highest BCUT2D eigenvalue weighted by Crippen LogP contribution is 2.28. The van der Waals surface area contributed by atoms with E-state index < -0.39 is 0 Å². The van der Waals surface area contributed by atoms with E-state index in [-0.39, 0.29) is 24.4 Å². The number of nitrogens with zero attached hydrogens (tertiary/aromatic N) is 5. The Labute approximate surface area is 211 Å². The molecule has 1 aromatic carbocycles. The predicted octanol–water partition coefficient (Wildman–Crippen LogP) is 3.90. The van der Waals surface area contributed by atoms with Crippen LogP contribution in [0.25, 0.3) is 0 Å². The second kappa shape index (κ2) is 11.6. The lowest BCUT2D eigenvalue weighted by Gasteiger charge is -2.40. The number of piperidine rings is 1. The fraction of sp³-hybridized carbons (Fsp3) is 0.481. The van der Waals surface area contributed by atoms with Gasteiger partial charge in [-0.15, -0.1) is 11.3 Å². The highest BCUT2D eigenvalue weighted by molar-refractivity contribution is 7.09. The van der Waals surface area contributed by atoms with E-state index in [0.29, 0.717) is 12.3 Å². The number of likely N-dealkylation sites (tertiary alicyclic amines) is 1. The molecule has 1 aliphatic rings. The molecule has 8 heteroatoms. The molecule has 1 aliphatic heterocycles. The monoisotopic (exact) mass is 493 g/mol. The van der Waals surface area contributed by atoms with Gasteiger partial charge in [0.1, 0.15) is 6.54 Å². The highest BCUT2D eigenvalue weighted by Gasteiger charge is 2.33. The van der Waals surface area contributed by atoms with Gasteiger partial charge in [-0.1, -0.05) is 24.3 Å². The molecule has 186 valence electrons. The zero-order valence-electron chi connectivity index (χ0n) is 20.9. The van der Waals surface area contributed by atoms with E-state index in [0.717, 1.165) is 44.5 Å². The summed E-state index contributed by atoms with van der Waals surface area (Å²) in [4.78, 5) is 35.4. The van der Waals surface area contributed by atoms with Gasteiger partial charge in [0.15, 0.2) is 0 Å². The summed E-state index contributed by atoms with van der Waals surface area (Å²) in [6, 6.07) is 10.3. The van der Waals surface area contributed by atoms with E-state index in [1.165, 1.54) is 16.0 Å². The standard InChI is InChI=1S/C27H35N5O2S/c1-20-7-4-5-8-23(20)17-24(30(3)27(34)18-32-14-6-13-29-32)22-11-15-31(16-12-22)26(33)10-9-25-21(2)28-19-35-25/h4-8,13-14,19,22,24H,9-12,15-18H2,1-3H3. The van der Waals surface area contributed by atoms with Crippen LogP contribution in [0, 0.1) is 19.8 Å². The third-order valence-corrected chi connectivity index (χ3v) is 8.28. The van der Waals surface area contributed by atoms with Crippen LogP contribution in [0.2, 0.25) is 0 Å². The quantitative estimate of drug-likeness (QED) is 0.453. The molecule has 7 nitrogen and oxygen atoms in total. The van der Waals surface area contributed by atoms with Gasteiger partial charge in [-0.25, -0.2) is 4.98 Å². The van der Waals surface area contributed by atoms with Crippen LogP contribution in [0.15, 0.2) is 48.2 Å². The highest BCUT2D eigenvalue weighted by atomic mass is 32.1. The van der Waals surface area contributed by atoms with Crippen LogP contribution in [0.3, 0.4) is 0 Å². The van der Waals surface area contributed by atoms with Crippen molar-refractivity contribution < 1.29 is 9.59 Å². The fourth-order valence-electron chi connectivity index (χ4n) is 4.99. The third-order valence-electron chi connectivity index (χ3n) is 7.28. The van der Waals surface area contributed by atoms with Crippen molar-refractivity contribution in [2.75, 3.05) is 20.1 Å². The Morgan fingerprint density at radius 2 is 1.94 bits per heavy atom. The van der Waals surface area contributed by atoms with Gasteiger partial charge in [0.05, 0.1) is 11.2 Å². The van der Waals surface area contributed by atoms with Crippen molar-refractivity contribution in [2.24, 2.45) is 5.92 Å². The zero-order valence-corrected chi connectivity index (χ0v) is 21.7. The first-order chi connectivity index (χ1) is 16.9. The Balaban J connectivity index is 1.40. The Hall–Kier alpha value is -3.00. The van der Waals surface area contributed by atoms with E-state index in [4.69, 9.17) is 0 Å². The number of amides is 2. The largest absolute Gasteiger partial charge is 0.343 e. The number of aromatic nitrogens is 3. The maximum absolute atomic E-state index is 13.2. The minimum absolute atomic E-state index is 0.0608. The van der Waals surface area contributed by atoms with Crippen molar-refractivity contribution in [3.63, 3.8) is 0 Å². The first-order valence-electron chi connectivity index (χ1n) is 12.4. The molecule has 0 bridgehead atoms. The van der Waals surface area contributed by atoms with Crippen molar-refractivity contribution in [2.45, 2.75) is 58.5 Å². The average Bonchev–Trinajstić information content (AvgIpc) is 3.53. The molecule has 2 aromatic heterocycles. The summed E-state index contributed by atoms with van der Waals surface area (Å²) < 4.78 is 1.68. The summed E-state index contributed by atoms with van der Waals surface area (Å²) in [7, 11) is 1.92. The summed E-state index contributed by atoms with van der Waals surface area (Å²) in [5, 5.41) is 4.20. The predicted molar refractivity (Wildman–Crippen MR) is 138 cm³/mol. The molecule has 3 aromatic rings. The summed E-state index contributed by atoms with van der Waals surface area (Å²) in [5.41, 5.74) is 5.40. The summed E-state index contributed by atoms with van der Waals surface area (Å²) in [6.45, 7) is 5.86. The van der Waals surface area contributed by atoms with Gasteiger partial charge in [-0.05, 0) is 62.6 Å². The molecule has 4 rings (SSSR count). The second-order valence-corrected chi connectivity index (χ2v) is 10.4. The number of aryl methyl sites for hydroxylation is 3. The average molecular weight is 494 g/mol. The molecule has 1 atom stereocenters. The van der Waals surface area contributed by atoms with Crippen molar-refractivity contribution in [3.8, 4) is 0 Å². The number of carbonyl (C=O) groups is 2. The van der Waals surface area contributed by atoms with Crippen LogP contribution in [0.1, 0.15) is 41.0 Å². The number of carbonyl (C=O) groups excluding carboxylic acids is 2. The number of likely N-dealkylation sites (N-methyl/N-ethyl adjacent to an activating group) is 1. The van der Waals surface area contributed by atoms with Crippen LogP contribution >= 0.6 is 11.3 Å². The molecule has 0 aliphatic carbocycles. The van der Waals surface area contributed by atoms with Crippen LogP contribution in [0.5, 0.6) is 0 Å². The molecule has 0 N–H and O–H groups in total. The van der Waals surface area contributed by atoms with Crippen LogP contribution in [-0.2, 0) is 29.0 Å². The zero-order chi connectivity index (χ0) is 24.8. The lowest BCUT2D eigenvalue weighted by Crippen LogP contribution is -2.49. The molecule has 0 saturated carbocycles. The van der Waals surface area contributed by atoms with Crippen molar-refractivity contribution in [1.29, 1.82) is 0 Å². The Bertz CT molecular complexity index is 1120. The topological polar surface area (TPSA) is 71.3 Å². The van der Waals surface area contributed by atoms with Gasteiger partial charge in [0.2, 0.25) is 11.8 Å². The van der Waals surface area contributed by atoms with E-state index in [1.54, 1.807) is 22.2 Å². The van der Waals surface area contributed by atoms with Gasteiger partial charge in [0.25, 0.3) is 0 Å². The first kappa shape index (κ1) is 25.1. The number of rotatable bonds is 9. The Kier molecular flexibility index (Phi) is 8.33. The fourth-order valence-corrected chi connectivity index (χ4v) is 5.77. The smallest absolute Gasteiger partial charge is 0.244 e. The number of benzene rings is 1. The van der Waals surface area contributed by atoms with Gasteiger partial charge in [-0.3, -0.25) is 14.3 Å². The number of thiazole rings is 1. The number of hydrogen-bond donors (Lipinski definition) is 0. The lowest BCUT2D eigenvalue weighted by molar-refractivity contribution is -0.137. The van der Waals surface area contributed by atoms with Gasteiger partial charge >= 0.3 is 0 Å². The van der Waals surface area contributed by atoms with E-state index >= 15 is 0 Å². The minimum atomic E-state index is 0.0608. The van der Waals surface area contributed by atoms with Crippen molar-refractivity contribution in [3.05, 3.63) is 69.9 Å². The molecule has 2 amide bonds. The van der Waals surface area contributed by atoms with Crippen LogP contribution < -0.4 is 0 Å². The summed E-state index contributed by atoms with van der Waals surface area (Å²) in [5.74, 6) is 0.620. The maximum Gasteiger partial charge on any atom is 0.244 e. The van der Waals surface area contributed by atoms with Crippen LogP contribution in [-0.4, -0.2) is 62.6 Å². The molecular formula is C27H35N5O2S. The summed E-state index contributed by atoms with van der Waals surface area (Å²) in [6.07, 6.45) is 7.43. The van der Waals surface area contributed by atoms with Crippen molar-refractivity contribution >= 4 is 23.2 Å². The van der Waals surface area contributed by atoms with E-state index in [1.807, 2.05) is 41.5 Å². The molecule has 1 fully saturated rings. The number of hydrogen-bond acceptors (Lipinski definition) is 5. The van der Waals surface area contributed by atoms with Gasteiger partial charge in [-0.2, -0.15) is 5.10 Å². The van der Waals surface area contributed by atoms with Gasteiger partial charge in [0, 0.05) is 49.9 Å². The van der Waals surface area contributed by atoms with Crippen LogP contribution in [0.4, 0.5) is 0 Å². The molecule has 3 heterocycles. The molecule has 1 unspecified atom stereocenters. The molecule has 1 saturated heterocycles. The SMILES string of the molecule is Cc1ccccc1CC(C1CCN(C(=O)CCc2scnc2C)CC1)N(C)C(=O)Cn1cccn1. The molecule has 35 heavy (non-hydrogen) atoms. The third kappa shape index (κ3) is 6.36. The maximum atomic E-state index is 13.2. The molecule has 0 radical (unpaired) electrons. The van der Waals surface area contributed by atoms with E-state index in [2.05, 4.69) is 41.3 Å². The first-order valence-corrected chi connectivity index (χ1v) is 13.2. The van der Waals surface area contributed by atoms with E-state index in [9.17, 15) is 9.59 Å². The van der Waals surface area contributed by atoms with Gasteiger partial charge < -0.3 is 9.80 Å². The molecular weight excluding hydrogens is 458 g/mol. The summed E-state index contributed by atoms with van der Waals surface area (Å²) >= 11 is 1.63. The molecule has 0 spiro atoms. The van der Waals surface area contributed by atoms with Crippen molar-refractivity contribution in [1.82, 2.24) is 24.6 Å². The normalized spacial score (nSPS) is 15.2. The second-order valence-electron chi connectivity index (χ2n) is 9.49.